The van der Waals surface area contributed by atoms with Gasteiger partial charge in [-0.1, -0.05) is 13.8 Å². The summed E-state index contributed by atoms with van der Waals surface area (Å²) in [6, 6.07) is 4.15. The summed E-state index contributed by atoms with van der Waals surface area (Å²) in [7, 11) is 0. The zero-order chi connectivity index (χ0) is 14.7. The van der Waals surface area contributed by atoms with Crippen molar-refractivity contribution in [2.24, 2.45) is 0 Å². The van der Waals surface area contributed by atoms with Gasteiger partial charge in [-0.25, -0.2) is 9.37 Å². The predicted octanol–water partition coefficient (Wildman–Crippen LogP) is 4.04. The lowest BCUT2D eigenvalue weighted by atomic mass is 10.1. The molecule has 2 rings (SSSR count). The largest absolute Gasteiger partial charge is 0.487 e. The molecule has 3 nitrogen and oxygen atoms in total. The first-order chi connectivity index (χ1) is 9.47. The number of hydrogen-bond donors (Lipinski definition) is 1. The Kier molecular flexibility index (Phi) is 4.73. The van der Waals surface area contributed by atoms with Gasteiger partial charge in [0.1, 0.15) is 18.2 Å². The minimum atomic E-state index is -0.776. The van der Waals surface area contributed by atoms with E-state index < -0.39 is 6.10 Å². The second-order valence-electron chi connectivity index (χ2n) is 4.98. The van der Waals surface area contributed by atoms with Gasteiger partial charge in [-0.2, -0.15) is 0 Å². The second kappa shape index (κ2) is 6.33. The van der Waals surface area contributed by atoms with E-state index in [1.807, 2.05) is 5.38 Å². The van der Waals surface area contributed by atoms with Gasteiger partial charge < -0.3 is 9.84 Å². The summed E-state index contributed by atoms with van der Waals surface area (Å²) in [5.41, 5.74) is 1.30. The van der Waals surface area contributed by atoms with E-state index in [4.69, 9.17) is 4.74 Å². The quantitative estimate of drug-likeness (QED) is 0.905. The molecular weight excluding hydrogens is 277 g/mol. The second-order valence-corrected chi connectivity index (χ2v) is 5.87. The highest BCUT2D eigenvalue weighted by atomic mass is 32.1. The van der Waals surface area contributed by atoms with E-state index in [0.717, 1.165) is 10.7 Å². The fourth-order valence-corrected chi connectivity index (χ4v) is 2.60. The lowest BCUT2D eigenvalue weighted by molar-refractivity contribution is 0.189. The fourth-order valence-electron chi connectivity index (χ4n) is 1.78. The van der Waals surface area contributed by atoms with Gasteiger partial charge in [0, 0.05) is 16.9 Å². The number of halogens is 1. The number of aliphatic hydroxyl groups is 1. The molecule has 0 saturated carbocycles. The van der Waals surface area contributed by atoms with Gasteiger partial charge in [-0.05, 0) is 25.1 Å². The van der Waals surface area contributed by atoms with E-state index in [0.29, 0.717) is 23.8 Å². The molecule has 0 spiro atoms. The van der Waals surface area contributed by atoms with Crippen LogP contribution >= 0.6 is 11.3 Å². The Hall–Kier alpha value is -1.46. The molecule has 5 heteroatoms. The van der Waals surface area contributed by atoms with Crippen LogP contribution in [0.2, 0.25) is 0 Å². The van der Waals surface area contributed by atoms with Crippen molar-refractivity contribution < 1.29 is 14.2 Å². The Morgan fingerprint density at radius 2 is 2.10 bits per heavy atom. The molecule has 1 atom stereocenters. The van der Waals surface area contributed by atoms with E-state index in [9.17, 15) is 9.50 Å². The van der Waals surface area contributed by atoms with Gasteiger partial charge >= 0.3 is 0 Å². The first-order valence-corrected chi connectivity index (χ1v) is 7.40. The minimum Gasteiger partial charge on any atom is -0.487 e. The van der Waals surface area contributed by atoms with Gasteiger partial charge in [-0.3, -0.25) is 0 Å². The fraction of sp³-hybridized carbons (Fsp3) is 0.400. The number of benzene rings is 1. The lowest BCUT2D eigenvalue weighted by Crippen LogP contribution is -2.02. The van der Waals surface area contributed by atoms with Crippen LogP contribution in [0, 0.1) is 5.82 Å². The van der Waals surface area contributed by atoms with Crippen LogP contribution in [0.15, 0.2) is 23.6 Å². The standard InChI is InChI=1S/C15H18FNO2S/c1-9(2)15-17-12(8-20-15)7-19-14-5-4-11(16)6-13(14)10(3)18/h4-6,8-10,18H,7H2,1-3H3. The van der Waals surface area contributed by atoms with Gasteiger partial charge in [0.2, 0.25) is 0 Å². The lowest BCUT2D eigenvalue weighted by Gasteiger charge is -2.12. The van der Waals surface area contributed by atoms with Crippen LogP contribution in [-0.4, -0.2) is 10.1 Å². The smallest absolute Gasteiger partial charge is 0.131 e. The molecule has 0 aliphatic rings. The molecule has 0 aliphatic carbocycles. The summed E-state index contributed by atoms with van der Waals surface area (Å²) in [4.78, 5) is 4.47. The molecule has 1 aromatic carbocycles. The minimum absolute atomic E-state index is 0.314. The molecule has 2 aromatic rings. The van der Waals surface area contributed by atoms with Crippen LogP contribution in [0.4, 0.5) is 4.39 Å². The van der Waals surface area contributed by atoms with Crippen LogP contribution < -0.4 is 4.74 Å². The molecule has 0 aliphatic heterocycles. The monoisotopic (exact) mass is 295 g/mol. The molecule has 108 valence electrons. The predicted molar refractivity (Wildman–Crippen MR) is 77.6 cm³/mol. The van der Waals surface area contributed by atoms with Gasteiger partial charge in [-0.15, -0.1) is 11.3 Å². The molecule has 1 aromatic heterocycles. The van der Waals surface area contributed by atoms with E-state index in [-0.39, 0.29) is 5.82 Å². The Balaban J connectivity index is 2.10. The topological polar surface area (TPSA) is 42.4 Å². The van der Waals surface area contributed by atoms with Crippen molar-refractivity contribution in [1.82, 2.24) is 4.98 Å². The van der Waals surface area contributed by atoms with E-state index in [1.165, 1.54) is 18.2 Å². The third-order valence-electron chi connectivity index (χ3n) is 2.86. The van der Waals surface area contributed by atoms with Gasteiger partial charge in [0.05, 0.1) is 16.8 Å². The summed E-state index contributed by atoms with van der Waals surface area (Å²) >= 11 is 1.61. The highest BCUT2D eigenvalue weighted by molar-refractivity contribution is 7.09. The Labute approximate surface area is 122 Å². The maximum absolute atomic E-state index is 13.2. The molecule has 0 saturated heterocycles. The van der Waals surface area contributed by atoms with Crippen molar-refractivity contribution in [1.29, 1.82) is 0 Å². The van der Waals surface area contributed by atoms with Gasteiger partial charge in [0.15, 0.2) is 0 Å². The van der Waals surface area contributed by atoms with Crippen LogP contribution in [0.25, 0.3) is 0 Å². The van der Waals surface area contributed by atoms with Crippen LogP contribution in [0.5, 0.6) is 5.75 Å². The van der Waals surface area contributed by atoms with E-state index in [2.05, 4.69) is 18.8 Å². The summed E-state index contributed by atoms with van der Waals surface area (Å²) in [5.74, 6) is 0.497. The Morgan fingerprint density at radius 1 is 1.35 bits per heavy atom. The van der Waals surface area contributed by atoms with Crippen LogP contribution in [0.1, 0.15) is 49.1 Å². The maximum atomic E-state index is 13.2. The maximum Gasteiger partial charge on any atom is 0.131 e. The summed E-state index contributed by atoms with van der Waals surface area (Å²) in [6.07, 6.45) is -0.776. The number of aromatic nitrogens is 1. The molecule has 1 unspecified atom stereocenters. The zero-order valence-electron chi connectivity index (χ0n) is 11.8. The molecule has 1 heterocycles. The number of ether oxygens (including phenoxy) is 1. The van der Waals surface area contributed by atoms with Crippen molar-refractivity contribution in [3.05, 3.63) is 45.7 Å². The summed E-state index contributed by atoms with van der Waals surface area (Å²) in [5, 5.41) is 12.7. The number of rotatable bonds is 5. The molecule has 0 amide bonds. The molecule has 1 N–H and O–H groups in total. The summed E-state index contributed by atoms with van der Waals surface area (Å²) in [6.45, 7) is 6.08. The van der Waals surface area contributed by atoms with Crippen molar-refractivity contribution in [2.75, 3.05) is 0 Å². The average molecular weight is 295 g/mol. The van der Waals surface area contributed by atoms with Crippen molar-refractivity contribution in [3.8, 4) is 5.75 Å². The first kappa shape index (κ1) is 14.9. The SMILES string of the molecule is CC(C)c1nc(COc2ccc(F)cc2C(C)O)cs1. The Morgan fingerprint density at radius 3 is 2.70 bits per heavy atom. The molecule has 0 fully saturated rings. The van der Waals surface area contributed by atoms with Crippen molar-refractivity contribution in [3.63, 3.8) is 0 Å². The first-order valence-electron chi connectivity index (χ1n) is 6.52. The van der Waals surface area contributed by atoms with E-state index >= 15 is 0 Å². The van der Waals surface area contributed by atoms with Crippen molar-refractivity contribution in [2.45, 2.75) is 39.4 Å². The van der Waals surface area contributed by atoms with Crippen molar-refractivity contribution >= 4 is 11.3 Å². The third kappa shape index (κ3) is 3.55. The normalized spacial score (nSPS) is 12.7. The highest BCUT2D eigenvalue weighted by Gasteiger charge is 2.12. The zero-order valence-corrected chi connectivity index (χ0v) is 12.6. The van der Waals surface area contributed by atoms with E-state index in [1.54, 1.807) is 18.3 Å². The Bertz CT molecular complexity index is 581. The number of aliphatic hydroxyl groups excluding tert-OH is 1. The highest BCUT2D eigenvalue weighted by Crippen LogP contribution is 2.27. The van der Waals surface area contributed by atoms with Crippen LogP contribution in [0.3, 0.4) is 0 Å². The molecular formula is C15H18FNO2S. The number of hydrogen-bond acceptors (Lipinski definition) is 4. The number of nitrogens with zero attached hydrogens (tertiary/aromatic N) is 1. The molecule has 0 radical (unpaired) electrons. The number of thiazole rings is 1. The van der Waals surface area contributed by atoms with Crippen LogP contribution in [-0.2, 0) is 6.61 Å². The van der Waals surface area contributed by atoms with Gasteiger partial charge in [0.25, 0.3) is 0 Å². The summed E-state index contributed by atoms with van der Waals surface area (Å²) < 4.78 is 18.8. The molecule has 20 heavy (non-hydrogen) atoms. The molecule has 0 bridgehead atoms. The third-order valence-corrected chi connectivity index (χ3v) is 4.05. The average Bonchev–Trinajstić information content (AvgIpc) is 2.86.